The predicted octanol–water partition coefficient (Wildman–Crippen LogP) is -3.36. The second-order valence-corrected chi connectivity index (χ2v) is 21.4. The Morgan fingerprint density at radius 2 is 0.902 bits per heavy atom. The molecule has 9 heterocycles. The number of aliphatic hydroxyl groups is 6. The van der Waals surface area contributed by atoms with Crippen molar-refractivity contribution in [2.24, 2.45) is 0 Å². The van der Waals surface area contributed by atoms with Gasteiger partial charge in [-0.2, -0.15) is 0 Å². The maximum atomic E-state index is 12.4. The van der Waals surface area contributed by atoms with Gasteiger partial charge in [0.25, 0.3) is 5.91 Å². The molecule has 0 spiro atoms. The van der Waals surface area contributed by atoms with E-state index in [-0.39, 0.29) is 74.7 Å². The van der Waals surface area contributed by atoms with Gasteiger partial charge in [0.1, 0.15) is 121 Å². The molecular weight excluding hydrogens is 1090 g/mol. The first-order chi connectivity index (χ1) is 39.2. The molecular formula is C51H86N10O21. The molecule has 1 amide bonds. The van der Waals surface area contributed by atoms with Crippen molar-refractivity contribution in [1.82, 2.24) is 50.3 Å². The standard InChI is InChI=1S/C17H28N4O7.2C17H29N3O7/c1-8-13(22)12(11(27-8)7-25-3)21-6-10(19-20-21)5-18-17(24)16-15(26-4)14(23)9(2)28-16;1-9-14(21)17(24-4)12(26-9)6-20-5-11(18-19-20)7-25-16-10(2)27-13(8-23-3)15(16)22;1-9-14(21)16(24-4)12(26-9)6-20-5-11(18-19-20)7-25-17-13(8-23-3)27-10(2)15(17)22/h6,8-9,11-16,22-23H,5,7H2,1-4H3,(H,18,24);2*5,9-10,12-17,21-22H,6-8H2,1-4H3/t8-,9-,11+,12?,13+,14+,15?,16-;9-,10-,12+,13+,14+,15?,16+,17?;9-,10-,12+,13+,14+,15+,16?,17?/m000/s1. The number of aromatic nitrogens is 9. The van der Waals surface area contributed by atoms with E-state index in [2.05, 4.69) is 36.3 Å². The predicted molar refractivity (Wildman–Crippen MR) is 278 cm³/mol. The van der Waals surface area contributed by atoms with Crippen LogP contribution in [0.2, 0.25) is 0 Å². The summed E-state index contributed by atoms with van der Waals surface area (Å²) >= 11 is 0. The maximum absolute atomic E-state index is 12.4. The zero-order valence-electron chi connectivity index (χ0n) is 48.6. The number of amides is 1. The van der Waals surface area contributed by atoms with E-state index >= 15 is 0 Å². The number of hydrogen-bond acceptors (Lipinski definition) is 27. The fourth-order valence-corrected chi connectivity index (χ4v) is 11.0. The molecule has 31 nitrogen and oxygen atoms in total. The number of carbonyl (C=O) groups excluding carboxylic acids is 1. The van der Waals surface area contributed by atoms with Crippen LogP contribution in [0, 0.1) is 0 Å². The Balaban J connectivity index is 0.000000177. The number of nitrogens with zero attached hydrogens (tertiary/aromatic N) is 9. The van der Waals surface area contributed by atoms with Gasteiger partial charge in [0.15, 0.2) is 6.10 Å². The van der Waals surface area contributed by atoms with Gasteiger partial charge >= 0.3 is 0 Å². The zero-order valence-corrected chi connectivity index (χ0v) is 48.6. The van der Waals surface area contributed by atoms with Gasteiger partial charge in [-0.05, 0) is 41.5 Å². The van der Waals surface area contributed by atoms with E-state index < -0.39 is 97.4 Å². The highest BCUT2D eigenvalue weighted by atomic mass is 16.6. The average molecular weight is 1180 g/mol. The Morgan fingerprint density at radius 1 is 0.476 bits per heavy atom. The molecule has 0 aromatic carbocycles. The lowest BCUT2D eigenvalue weighted by molar-refractivity contribution is -0.136. The summed E-state index contributed by atoms with van der Waals surface area (Å²) < 4.78 is 81.6. The van der Waals surface area contributed by atoms with Crippen LogP contribution in [0.1, 0.15) is 64.7 Å². The van der Waals surface area contributed by atoms with E-state index in [1.165, 1.54) is 11.8 Å². The molecule has 3 aromatic heterocycles. The topological polar surface area (TPSA) is 372 Å². The minimum Gasteiger partial charge on any atom is -0.388 e. The van der Waals surface area contributed by atoms with Crippen LogP contribution < -0.4 is 5.32 Å². The van der Waals surface area contributed by atoms with Crippen molar-refractivity contribution in [3.63, 3.8) is 0 Å². The van der Waals surface area contributed by atoms with Crippen molar-refractivity contribution in [2.45, 2.75) is 221 Å². The van der Waals surface area contributed by atoms with E-state index in [0.717, 1.165) is 0 Å². The molecule has 3 aromatic rings. The van der Waals surface area contributed by atoms with Crippen LogP contribution in [0.5, 0.6) is 0 Å². The summed E-state index contributed by atoms with van der Waals surface area (Å²) in [7, 11) is 9.24. The van der Waals surface area contributed by atoms with Crippen LogP contribution in [0.15, 0.2) is 18.6 Å². The highest BCUT2D eigenvalue weighted by molar-refractivity contribution is 5.82. The van der Waals surface area contributed by atoms with Crippen molar-refractivity contribution < 1.29 is 102 Å². The largest absolute Gasteiger partial charge is 0.388 e. The molecule has 82 heavy (non-hydrogen) atoms. The van der Waals surface area contributed by atoms with Crippen molar-refractivity contribution >= 4 is 5.91 Å². The first-order valence-corrected chi connectivity index (χ1v) is 27.5. The minimum absolute atomic E-state index is 0.119. The van der Waals surface area contributed by atoms with Crippen LogP contribution in [0.3, 0.4) is 0 Å². The highest BCUT2D eigenvalue weighted by Gasteiger charge is 2.48. The lowest BCUT2D eigenvalue weighted by Gasteiger charge is -2.19. The molecule has 466 valence electrons. The summed E-state index contributed by atoms with van der Waals surface area (Å²) in [5.41, 5.74) is 1.76. The Morgan fingerprint density at radius 3 is 1.44 bits per heavy atom. The van der Waals surface area contributed by atoms with Crippen molar-refractivity contribution in [3.05, 3.63) is 35.7 Å². The molecule has 6 aliphatic heterocycles. The van der Waals surface area contributed by atoms with Gasteiger partial charge in [0.05, 0.1) is 108 Å². The molecule has 6 fully saturated rings. The van der Waals surface area contributed by atoms with Gasteiger partial charge in [-0.15, -0.1) is 15.3 Å². The fraction of sp³-hybridized carbons (Fsp3) is 0.863. The fourth-order valence-electron chi connectivity index (χ4n) is 11.0. The third-order valence-corrected chi connectivity index (χ3v) is 15.5. The molecule has 31 heteroatoms. The number of aliphatic hydroxyl groups excluding tert-OH is 6. The zero-order chi connectivity index (χ0) is 59.5. The Bertz CT molecular complexity index is 2380. The maximum Gasteiger partial charge on any atom is 0.252 e. The lowest BCUT2D eigenvalue weighted by atomic mass is 10.1. The average Bonchev–Trinajstić information content (AvgIpc) is 4.48. The number of nitrogens with one attached hydrogen (secondary N) is 1. The normalized spacial score (nSPS) is 38.9. The molecule has 6 unspecified atom stereocenters. The van der Waals surface area contributed by atoms with Crippen molar-refractivity contribution in [1.29, 1.82) is 0 Å². The van der Waals surface area contributed by atoms with Crippen molar-refractivity contribution in [3.8, 4) is 0 Å². The molecule has 0 radical (unpaired) electrons. The number of rotatable bonds is 23. The summed E-state index contributed by atoms with van der Waals surface area (Å²) in [6.07, 6.45) is -6.37. The second-order valence-electron chi connectivity index (χ2n) is 21.4. The Hall–Kier alpha value is -3.91. The summed E-state index contributed by atoms with van der Waals surface area (Å²) in [6.45, 7) is 13.0. The number of ether oxygens (including phenoxy) is 14. The molecule has 6 saturated heterocycles. The summed E-state index contributed by atoms with van der Waals surface area (Å²) in [6, 6.07) is -0.432. The lowest BCUT2D eigenvalue weighted by Crippen LogP contribution is -2.43. The van der Waals surface area contributed by atoms with E-state index in [0.29, 0.717) is 50.0 Å². The smallest absolute Gasteiger partial charge is 0.252 e. The van der Waals surface area contributed by atoms with Gasteiger partial charge in [-0.25, -0.2) is 14.0 Å². The van der Waals surface area contributed by atoms with Crippen molar-refractivity contribution in [2.75, 3.05) is 62.5 Å². The SMILES string of the molecule is COC[C@H]1O[C@@H](C)[C@@H](O)C1OCc1cn(C[C@H]2O[C@@H](C)[C@@H](O)C2OC)nn1.COC[C@H]1O[C@@H](C)[C@@H](O)C1n1cc(CNC(=O)[C@H]2O[C@@H](C)[C@@H](O)C2OC)nn1.COC[C@H]1O[C@@H](C)[C@@H](OCc2cn(C[C@H]3O[C@@H](C)[C@@H](O)C3OC)nn2)C1O. The van der Waals surface area contributed by atoms with Crippen LogP contribution in [-0.2, 0) is 104 Å². The Kier molecular flexibility index (Phi) is 24.4. The van der Waals surface area contributed by atoms with Gasteiger partial charge in [0.2, 0.25) is 0 Å². The number of hydrogen-bond donors (Lipinski definition) is 7. The van der Waals surface area contributed by atoms with Crippen LogP contribution in [0.25, 0.3) is 0 Å². The van der Waals surface area contributed by atoms with E-state index in [4.69, 9.17) is 66.3 Å². The quantitative estimate of drug-likeness (QED) is 0.0487. The molecule has 24 atom stereocenters. The first kappa shape index (κ1) is 65.6. The van der Waals surface area contributed by atoms with Crippen LogP contribution in [-0.4, -0.2) is 284 Å². The molecule has 0 bridgehead atoms. The molecule has 9 rings (SSSR count). The highest BCUT2D eigenvalue weighted by Crippen LogP contribution is 2.32. The van der Waals surface area contributed by atoms with Gasteiger partial charge < -0.3 is 102 Å². The first-order valence-electron chi connectivity index (χ1n) is 27.5. The van der Waals surface area contributed by atoms with E-state index in [9.17, 15) is 35.4 Å². The summed E-state index contributed by atoms with van der Waals surface area (Å²) in [5, 5.41) is 88.3. The monoisotopic (exact) mass is 1170 g/mol. The van der Waals surface area contributed by atoms with E-state index in [1.54, 1.807) is 84.3 Å². The van der Waals surface area contributed by atoms with Crippen LogP contribution in [0.4, 0.5) is 0 Å². The molecule has 7 N–H and O–H groups in total. The molecule has 0 aliphatic carbocycles. The van der Waals surface area contributed by atoms with Gasteiger partial charge in [-0.3, -0.25) is 4.79 Å². The van der Waals surface area contributed by atoms with Gasteiger partial charge in [-0.1, -0.05) is 15.6 Å². The Labute approximate surface area is 475 Å². The van der Waals surface area contributed by atoms with E-state index in [1.807, 2.05) is 20.8 Å². The summed E-state index contributed by atoms with van der Waals surface area (Å²) in [5.74, 6) is -0.403. The third-order valence-electron chi connectivity index (χ3n) is 15.5. The van der Waals surface area contributed by atoms with Crippen LogP contribution >= 0.6 is 0 Å². The van der Waals surface area contributed by atoms with Gasteiger partial charge in [0, 0.05) is 42.7 Å². The number of methoxy groups -OCH3 is 6. The summed E-state index contributed by atoms with van der Waals surface area (Å²) in [4.78, 5) is 12.4. The molecule has 0 saturated carbocycles. The third kappa shape index (κ3) is 15.7. The second kappa shape index (κ2) is 30.4. The number of carbonyl (C=O) groups is 1. The molecule has 6 aliphatic rings. The minimum atomic E-state index is -0.901.